The van der Waals surface area contributed by atoms with E-state index >= 15 is 0 Å². The molecule has 60 valence electrons. The second-order valence-corrected chi connectivity index (χ2v) is 3.03. The summed E-state index contributed by atoms with van der Waals surface area (Å²) in [7, 11) is 1.51. The maximum atomic E-state index is 10.5. The van der Waals surface area contributed by atoms with E-state index in [2.05, 4.69) is 5.28 Å². The van der Waals surface area contributed by atoms with Crippen molar-refractivity contribution in [2.45, 2.75) is 26.3 Å². The van der Waals surface area contributed by atoms with Crippen LogP contribution in [0.2, 0.25) is 0 Å². The quantitative estimate of drug-likeness (QED) is 0.316. The fraction of sp³-hybridized carbons (Fsp3) is 1.00. The SMILES string of the molecule is CN(/[N+]([O-])=N/[O-])C(C)(C)C. The van der Waals surface area contributed by atoms with Crippen LogP contribution in [0, 0.1) is 10.4 Å². The molecule has 0 aromatic heterocycles. The third kappa shape index (κ3) is 2.08. The Balaban J connectivity index is 4.23. The van der Waals surface area contributed by atoms with E-state index in [-0.39, 0.29) is 10.5 Å². The highest BCUT2D eigenvalue weighted by Gasteiger charge is 2.22. The number of hydrogen-bond acceptors (Lipinski definition) is 3. The number of hydrazine groups is 1. The zero-order chi connectivity index (χ0) is 8.36. The first-order chi connectivity index (χ1) is 4.39. The molecule has 0 fully saturated rings. The van der Waals surface area contributed by atoms with Crippen molar-refractivity contribution in [1.29, 1.82) is 0 Å². The molecule has 0 amide bonds. The van der Waals surface area contributed by atoms with Crippen LogP contribution in [0.1, 0.15) is 20.8 Å². The molecule has 0 aliphatic carbocycles. The Morgan fingerprint density at radius 3 is 1.90 bits per heavy atom. The van der Waals surface area contributed by atoms with Gasteiger partial charge in [-0.05, 0) is 26.0 Å². The summed E-state index contributed by atoms with van der Waals surface area (Å²) >= 11 is 0. The van der Waals surface area contributed by atoms with Crippen LogP contribution >= 0.6 is 0 Å². The molecule has 0 unspecified atom stereocenters. The van der Waals surface area contributed by atoms with Crippen LogP contribution in [-0.4, -0.2) is 22.6 Å². The van der Waals surface area contributed by atoms with Gasteiger partial charge in [0.2, 0.25) is 0 Å². The molecule has 0 saturated carbocycles. The highest BCUT2D eigenvalue weighted by atomic mass is 16.6. The topological polar surface area (TPSA) is 64.7 Å². The summed E-state index contributed by atoms with van der Waals surface area (Å²) in [6, 6.07) is 0. The molecule has 0 N–H and O–H groups in total. The van der Waals surface area contributed by atoms with E-state index in [9.17, 15) is 10.4 Å². The second kappa shape index (κ2) is 2.72. The van der Waals surface area contributed by atoms with Gasteiger partial charge in [0, 0.05) is 4.97 Å². The Morgan fingerprint density at radius 1 is 1.40 bits per heavy atom. The maximum absolute atomic E-state index is 10.5. The van der Waals surface area contributed by atoms with E-state index in [4.69, 9.17) is 0 Å². The van der Waals surface area contributed by atoms with Gasteiger partial charge in [0.25, 0.3) is 0 Å². The van der Waals surface area contributed by atoms with Crippen LogP contribution in [0.4, 0.5) is 0 Å². The van der Waals surface area contributed by atoms with Gasteiger partial charge >= 0.3 is 0 Å². The standard InChI is InChI=1S/C5H13N3O2/c1-5(2,3)7(4)8(10)6-9/h9H,1-4H3/p-1/b8-6-. The predicted octanol–water partition coefficient (Wildman–Crippen LogP) is 1.09. The summed E-state index contributed by atoms with van der Waals surface area (Å²) in [5, 5.41) is 23.7. The summed E-state index contributed by atoms with van der Waals surface area (Å²) in [4.78, 5) is 0.0278. The highest BCUT2D eigenvalue weighted by Crippen LogP contribution is 2.09. The average Bonchev–Trinajstić information content (AvgIpc) is 1.83. The molecule has 0 heterocycles. The summed E-state index contributed by atoms with van der Waals surface area (Å²) in [6.45, 7) is 5.43. The Bertz CT molecular complexity index is 138. The van der Waals surface area contributed by atoms with Crippen molar-refractivity contribution in [1.82, 2.24) is 5.01 Å². The van der Waals surface area contributed by atoms with Gasteiger partial charge in [0.05, 0.1) is 12.6 Å². The summed E-state index contributed by atoms with van der Waals surface area (Å²) in [6.07, 6.45) is 0. The van der Waals surface area contributed by atoms with Crippen LogP contribution in [0.15, 0.2) is 5.28 Å². The van der Waals surface area contributed by atoms with Gasteiger partial charge in [0.15, 0.2) is 0 Å². The van der Waals surface area contributed by atoms with Gasteiger partial charge < -0.3 is 10.4 Å². The van der Waals surface area contributed by atoms with Crippen molar-refractivity contribution in [2.24, 2.45) is 5.28 Å². The van der Waals surface area contributed by atoms with E-state index in [0.29, 0.717) is 0 Å². The van der Waals surface area contributed by atoms with Crippen LogP contribution < -0.4 is 0 Å². The molecule has 0 radical (unpaired) electrons. The van der Waals surface area contributed by atoms with Gasteiger partial charge in [-0.15, -0.1) is 5.01 Å². The lowest BCUT2D eigenvalue weighted by molar-refractivity contribution is -0.699. The van der Waals surface area contributed by atoms with Crippen molar-refractivity contribution in [3.63, 3.8) is 0 Å². The van der Waals surface area contributed by atoms with Gasteiger partial charge in [-0.1, -0.05) is 0 Å². The molecule has 0 aliphatic rings. The molecule has 0 aromatic carbocycles. The van der Waals surface area contributed by atoms with Crippen molar-refractivity contribution in [2.75, 3.05) is 7.05 Å². The fourth-order valence-electron chi connectivity index (χ4n) is 0.311. The van der Waals surface area contributed by atoms with E-state index in [1.807, 2.05) is 20.8 Å². The minimum absolute atomic E-state index is 0.0278. The molecule has 5 heteroatoms. The van der Waals surface area contributed by atoms with Crippen LogP contribution in [0.3, 0.4) is 0 Å². The smallest absolute Gasteiger partial charge is 0.0895 e. The van der Waals surface area contributed by atoms with E-state index in [1.165, 1.54) is 12.1 Å². The number of hydrogen-bond donors (Lipinski definition) is 0. The molecule has 5 nitrogen and oxygen atoms in total. The molecular formula is C5H12N3O2-. The first-order valence-corrected chi connectivity index (χ1v) is 2.94. The number of nitrogens with zero attached hydrogens (tertiary/aromatic N) is 3. The van der Waals surface area contributed by atoms with E-state index < -0.39 is 0 Å². The average molecular weight is 146 g/mol. The van der Waals surface area contributed by atoms with Gasteiger partial charge in [-0.2, -0.15) is 0 Å². The maximum Gasteiger partial charge on any atom is 0.0895 e. The normalized spacial score (nSPS) is 13.4. The van der Waals surface area contributed by atoms with E-state index in [1.54, 1.807) is 0 Å². The lowest BCUT2D eigenvalue weighted by Gasteiger charge is -2.27. The molecule has 10 heavy (non-hydrogen) atoms. The lowest BCUT2D eigenvalue weighted by Crippen LogP contribution is -2.42. The van der Waals surface area contributed by atoms with Crippen molar-refractivity contribution in [3.05, 3.63) is 10.4 Å². The molecule has 0 spiro atoms. The van der Waals surface area contributed by atoms with Gasteiger partial charge in [0.1, 0.15) is 0 Å². The molecule has 0 bridgehead atoms. The zero-order valence-electron chi connectivity index (χ0n) is 6.66. The number of rotatable bonds is 1. The minimum Gasteiger partial charge on any atom is -0.737 e. The minimum atomic E-state index is -0.365. The third-order valence-electron chi connectivity index (χ3n) is 1.30. The van der Waals surface area contributed by atoms with Gasteiger partial charge in [-0.3, -0.25) is 0 Å². The van der Waals surface area contributed by atoms with Gasteiger partial charge in [-0.25, -0.2) is 0 Å². The summed E-state index contributed by atoms with van der Waals surface area (Å²) in [5.74, 6) is 0. The largest absolute Gasteiger partial charge is 0.737 e. The van der Waals surface area contributed by atoms with E-state index in [0.717, 1.165) is 0 Å². The second-order valence-electron chi connectivity index (χ2n) is 3.03. The Kier molecular flexibility index (Phi) is 2.45. The molecule has 0 aromatic rings. The first kappa shape index (κ1) is 9.00. The first-order valence-electron chi connectivity index (χ1n) is 2.94. The summed E-state index contributed by atoms with van der Waals surface area (Å²) in [5.41, 5.74) is -0.365. The third-order valence-corrected chi connectivity index (χ3v) is 1.30. The molecule has 0 rings (SSSR count). The lowest BCUT2D eigenvalue weighted by atomic mass is 10.1. The molecular weight excluding hydrogens is 134 g/mol. The highest BCUT2D eigenvalue weighted by molar-refractivity contribution is 4.65. The predicted molar refractivity (Wildman–Crippen MR) is 36.9 cm³/mol. The molecule has 0 saturated heterocycles. The fourth-order valence-corrected chi connectivity index (χ4v) is 0.311. The Labute approximate surface area is 60.1 Å². The van der Waals surface area contributed by atoms with Crippen LogP contribution in [0.5, 0.6) is 0 Å². The monoisotopic (exact) mass is 146 g/mol. The van der Waals surface area contributed by atoms with Crippen molar-refractivity contribution >= 4 is 0 Å². The summed E-state index contributed by atoms with van der Waals surface area (Å²) < 4.78 is 0. The zero-order valence-corrected chi connectivity index (χ0v) is 6.66. The van der Waals surface area contributed by atoms with Crippen LogP contribution in [0.25, 0.3) is 0 Å². The van der Waals surface area contributed by atoms with Crippen LogP contribution in [-0.2, 0) is 0 Å². The molecule has 0 aliphatic heterocycles. The Morgan fingerprint density at radius 2 is 1.80 bits per heavy atom. The van der Waals surface area contributed by atoms with Crippen molar-refractivity contribution in [3.8, 4) is 0 Å². The van der Waals surface area contributed by atoms with Crippen molar-refractivity contribution < 1.29 is 4.97 Å². The molecule has 0 atom stereocenters. The Hall–Kier alpha value is -1.00.